The van der Waals surface area contributed by atoms with Crippen molar-refractivity contribution in [3.05, 3.63) is 41.5 Å². The number of halogens is 1. The second kappa shape index (κ2) is 7.16. The first-order valence-electron chi connectivity index (χ1n) is 8.76. The Morgan fingerprint density at radius 2 is 2.21 bits per heavy atom. The lowest BCUT2D eigenvalue weighted by Gasteiger charge is -2.11. The minimum Gasteiger partial charge on any atom is -0.348 e. The molecule has 1 atom stereocenters. The maximum absolute atomic E-state index is 13.6. The van der Waals surface area contributed by atoms with Gasteiger partial charge in [0.1, 0.15) is 17.3 Å². The van der Waals surface area contributed by atoms with Crippen LogP contribution >= 0.6 is 0 Å². The summed E-state index contributed by atoms with van der Waals surface area (Å²) in [4.78, 5) is 17.3. The van der Waals surface area contributed by atoms with Crippen molar-refractivity contribution in [1.82, 2.24) is 14.9 Å². The van der Waals surface area contributed by atoms with E-state index in [2.05, 4.69) is 14.9 Å². The van der Waals surface area contributed by atoms with Gasteiger partial charge in [-0.2, -0.15) is 0 Å². The van der Waals surface area contributed by atoms with Gasteiger partial charge in [-0.3, -0.25) is 4.79 Å². The van der Waals surface area contributed by atoms with Crippen LogP contribution in [0.15, 0.2) is 24.3 Å². The van der Waals surface area contributed by atoms with Crippen LogP contribution in [-0.4, -0.2) is 21.5 Å². The van der Waals surface area contributed by atoms with Crippen molar-refractivity contribution in [1.29, 1.82) is 0 Å². The zero-order valence-electron chi connectivity index (χ0n) is 14.3. The van der Waals surface area contributed by atoms with E-state index in [0.717, 1.165) is 49.9 Å². The molecule has 2 aromatic rings. The van der Waals surface area contributed by atoms with Crippen LogP contribution in [0.2, 0.25) is 0 Å². The average Bonchev–Trinajstić information content (AvgIpc) is 2.76. The van der Waals surface area contributed by atoms with Crippen LogP contribution in [0.4, 0.5) is 4.39 Å². The fourth-order valence-corrected chi connectivity index (χ4v) is 3.14. The van der Waals surface area contributed by atoms with Gasteiger partial charge in [-0.25, -0.2) is 9.37 Å². The molecule has 0 spiro atoms. The number of aromatic nitrogens is 2. The van der Waals surface area contributed by atoms with E-state index in [0.29, 0.717) is 11.5 Å². The number of fused-ring (bicyclic) bond motifs is 1. The second-order valence-corrected chi connectivity index (χ2v) is 6.49. The minimum absolute atomic E-state index is 0.109. The molecule has 1 N–H and O–H groups in total. The molecule has 0 radical (unpaired) electrons. The lowest BCUT2D eigenvalue weighted by atomic mass is 10.1. The number of carbonyl (C=O) groups is 1. The molecule has 0 aliphatic carbocycles. The summed E-state index contributed by atoms with van der Waals surface area (Å²) in [7, 11) is 0. The summed E-state index contributed by atoms with van der Waals surface area (Å²) in [5, 5.41) is 3.00. The minimum atomic E-state index is -0.288. The topological polar surface area (TPSA) is 46.9 Å². The van der Waals surface area contributed by atoms with Gasteiger partial charge in [0.2, 0.25) is 0 Å². The van der Waals surface area contributed by atoms with Gasteiger partial charge in [-0.1, -0.05) is 25.5 Å². The van der Waals surface area contributed by atoms with Gasteiger partial charge in [0.15, 0.2) is 0 Å². The predicted molar refractivity (Wildman–Crippen MR) is 92.4 cm³/mol. The number of rotatable bonds is 4. The van der Waals surface area contributed by atoms with E-state index >= 15 is 0 Å². The molecule has 1 aliphatic rings. The third kappa shape index (κ3) is 3.35. The van der Waals surface area contributed by atoms with E-state index in [9.17, 15) is 9.18 Å². The Morgan fingerprint density at radius 1 is 1.38 bits per heavy atom. The number of amides is 1. The van der Waals surface area contributed by atoms with Crippen molar-refractivity contribution >= 4 is 5.91 Å². The molecule has 3 rings (SSSR count). The molecule has 0 unspecified atom stereocenters. The molecule has 128 valence electrons. The Labute approximate surface area is 142 Å². The molecular weight excluding hydrogens is 305 g/mol. The van der Waals surface area contributed by atoms with E-state index in [1.54, 1.807) is 6.07 Å². The molecule has 4 nitrogen and oxygen atoms in total. The van der Waals surface area contributed by atoms with Crippen molar-refractivity contribution in [2.45, 2.75) is 58.5 Å². The molecular formula is C19H24FN3O. The SMILES string of the molecule is CC[C@H](C)NC(=O)c1nc(-c2cccc(F)c2)n2c1CCCCC2. The van der Waals surface area contributed by atoms with Crippen molar-refractivity contribution < 1.29 is 9.18 Å². The Hall–Kier alpha value is -2.17. The Kier molecular flexibility index (Phi) is 4.97. The molecule has 2 heterocycles. The fourth-order valence-electron chi connectivity index (χ4n) is 3.14. The molecule has 0 fully saturated rings. The van der Waals surface area contributed by atoms with E-state index in [4.69, 9.17) is 0 Å². The summed E-state index contributed by atoms with van der Waals surface area (Å²) in [6, 6.07) is 6.55. The number of imidazole rings is 1. The highest BCUT2D eigenvalue weighted by Gasteiger charge is 2.24. The molecule has 1 aromatic carbocycles. The van der Waals surface area contributed by atoms with Gasteiger partial charge in [0.05, 0.1) is 5.69 Å². The fraction of sp³-hybridized carbons (Fsp3) is 0.474. The number of nitrogens with zero attached hydrogens (tertiary/aromatic N) is 2. The molecule has 24 heavy (non-hydrogen) atoms. The van der Waals surface area contributed by atoms with Gasteiger partial charge in [-0.05, 0) is 44.7 Å². The summed E-state index contributed by atoms with van der Waals surface area (Å²) >= 11 is 0. The smallest absolute Gasteiger partial charge is 0.271 e. The van der Waals surface area contributed by atoms with E-state index < -0.39 is 0 Å². The van der Waals surface area contributed by atoms with Gasteiger partial charge < -0.3 is 9.88 Å². The predicted octanol–water partition coefficient (Wildman–Crippen LogP) is 3.94. The molecule has 0 saturated heterocycles. The second-order valence-electron chi connectivity index (χ2n) is 6.49. The first-order valence-corrected chi connectivity index (χ1v) is 8.76. The maximum Gasteiger partial charge on any atom is 0.271 e. The summed E-state index contributed by atoms with van der Waals surface area (Å²) in [6.45, 7) is 4.85. The van der Waals surface area contributed by atoms with E-state index in [-0.39, 0.29) is 17.8 Å². The average molecular weight is 329 g/mol. The van der Waals surface area contributed by atoms with Crippen LogP contribution in [0.1, 0.15) is 55.7 Å². The number of carbonyl (C=O) groups excluding carboxylic acids is 1. The standard InChI is InChI=1S/C19H24FN3O/c1-3-13(2)21-19(24)17-16-10-5-4-6-11-23(16)18(22-17)14-8-7-9-15(20)12-14/h7-9,12-13H,3-6,10-11H2,1-2H3,(H,21,24)/t13-/m0/s1. The number of nitrogens with one attached hydrogen (secondary N) is 1. The van der Waals surface area contributed by atoms with Crippen molar-refractivity contribution in [2.24, 2.45) is 0 Å². The lowest BCUT2D eigenvalue weighted by molar-refractivity contribution is 0.0933. The largest absolute Gasteiger partial charge is 0.348 e. The molecule has 1 aliphatic heterocycles. The first-order chi connectivity index (χ1) is 11.6. The molecule has 1 amide bonds. The summed E-state index contributed by atoms with van der Waals surface area (Å²) in [5.74, 6) is 0.280. The first kappa shape index (κ1) is 16.7. The summed E-state index contributed by atoms with van der Waals surface area (Å²) < 4.78 is 15.7. The molecule has 1 aromatic heterocycles. The highest BCUT2D eigenvalue weighted by Crippen LogP contribution is 2.27. The van der Waals surface area contributed by atoms with E-state index in [1.165, 1.54) is 12.1 Å². The van der Waals surface area contributed by atoms with Gasteiger partial charge >= 0.3 is 0 Å². The van der Waals surface area contributed by atoms with Gasteiger partial charge in [0.25, 0.3) is 5.91 Å². The van der Waals surface area contributed by atoms with Gasteiger partial charge in [-0.15, -0.1) is 0 Å². The van der Waals surface area contributed by atoms with Crippen LogP contribution in [0.3, 0.4) is 0 Å². The van der Waals surface area contributed by atoms with Crippen molar-refractivity contribution in [3.63, 3.8) is 0 Å². The number of hydrogen-bond donors (Lipinski definition) is 1. The van der Waals surface area contributed by atoms with Crippen molar-refractivity contribution in [3.8, 4) is 11.4 Å². The van der Waals surface area contributed by atoms with Crippen LogP contribution in [0, 0.1) is 5.82 Å². The maximum atomic E-state index is 13.6. The van der Waals surface area contributed by atoms with Crippen LogP contribution < -0.4 is 5.32 Å². The molecule has 0 saturated carbocycles. The Balaban J connectivity index is 2.05. The summed E-state index contributed by atoms with van der Waals surface area (Å²) in [6.07, 6.45) is 4.96. The third-order valence-corrected chi connectivity index (χ3v) is 4.66. The Bertz CT molecular complexity index is 738. The number of hydrogen-bond acceptors (Lipinski definition) is 2. The number of benzene rings is 1. The van der Waals surface area contributed by atoms with Crippen LogP contribution in [0.5, 0.6) is 0 Å². The monoisotopic (exact) mass is 329 g/mol. The normalized spacial score (nSPS) is 15.5. The highest BCUT2D eigenvalue weighted by molar-refractivity contribution is 5.94. The van der Waals surface area contributed by atoms with Crippen molar-refractivity contribution in [2.75, 3.05) is 0 Å². The lowest BCUT2D eigenvalue weighted by Crippen LogP contribution is -2.32. The quantitative estimate of drug-likeness (QED) is 0.923. The Morgan fingerprint density at radius 3 is 2.96 bits per heavy atom. The van der Waals surface area contributed by atoms with E-state index in [1.807, 2.05) is 19.9 Å². The molecule has 0 bridgehead atoms. The molecule has 5 heteroatoms. The highest BCUT2D eigenvalue weighted by atomic mass is 19.1. The zero-order chi connectivity index (χ0) is 17.1. The van der Waals surface area contributed by atoms with Crippen LogP contribution in [0.25, 0.3) is 11.4 Å². The van der Waals surface area contributed by atoms with Gasteiger partial charge in [0, 0.05) is 18.2 Å². The summed E-state index contributed by atoms with van der Waals surface area (Å²) in [5.41, 5.74) is 2.20. The zero-order valence-corrected chi connectivity index (χ0v) is 14.3. The van der Waals surface area contributed by atoms with Crippen LogP contribution in [-0.2, 0) is 13.0 Å². The third-order valence-electron chi connectivity index (χ3n) is 4.66.